The van der Waals surface area contributed by atoms with Crippen LogP contribution in [0.15, 0.2) is 11.6 Å². The summed E-state index contributed by atoms with van der Waals surface area (Å²) in [6, 6.07) is 0. The van der Waals surface area contributed by atoms with Crippen molar-refractivity contribution in [1.82, 2.24) is 0 Å². The molecule has 5 aliphatic rings. The number of aldehydes is 1. The van der Waals surface area contributed by atoms with E-state index in [9.17, 15) is 19.8 Å². The second kappa shape index (κ2) is 7.20. The van der Waals surface area contributed by atoms with Crippen LogP contribution in [0.5, 0.6) is 0 Å². The minimum atomic E-state index is -0.810. The van der Waals surface area contributed by atoms with Gasteiger partial charge in [0.25, 0.3) is 0 Å². The number of hydrogen-bond acceptors (Lipinski definition) is 3. The van der Waals surface area contributed by atoms with E-state index in [0.29, 0.717) is 12.3 Å². The third kappa shape index (κ3) is 2.81. The minimum Gasteiger partial charge on any atom is -0.481 e. The summed E-state index contributed by atoms with van der Waals surface area (Å²) in [5.74, 6) is 0.0409. The number of carbonyl (C=O) groups excluding carboxylic acids is 1. The van der Waals surface area contributed by atoms with Gasteiger partial charge in [-0.1, -0.05) is 53.2 Å². The Kier molecular flexibility index (Phi) is 5.20. The monoisotopic (exact) mass is 470 g/mol. The van der Waals surface area contributed by atoms with Crippen LogP contribution in [0.1, 0.15) is 106 Å². The number of fused-ring (bicyclic) bond motifs is 7. The van der Waals surface area contributed by atoms with Crippen molar-refractivity contribution in [2.24, 2.45) is 50.2 Å². The van der Waals surface area contributed by atoms with Gasteiger partial charge in [0.15, 0.2) is 0 Å². The van der Waals surface area contributed by atoms with Crippen molar-refractivity contribution in [3.63, 3.8) is 0 Å². The highest BCUT2D eigenvalue weighted by molar-refractivity contribution is 5.81. The molecular formula is C30H46O4. The largest absolute Gasteiger partial charge is 0.481 e. The summed E-state index contributed by atoms with van der Waals surface area (Å²) in [5, 5.41) is 21.9. The number of aliphatic carboxylic acids is 1. The first-order valence-corrected chi connectivity index (χ1v) is 13.8. The van der Waals surface area contributed by atoms with Crippen LogP contribution in [0, 0.1) is 50.2 Å². The molecular weight excluding hydrogens is 424 g/mol. The van der Waals surface area contributed by atoms with Crippen LogP contribution in [0.4, 0.5) is 0 Å². The molecule has 0 saturated heterocycles. The zero-order valence-corrected chi connectivity index (χ0v) is 22.2. The molecule has 0 radical (unpaired) electrons. The first kappa shape index (κ1) is 24.5. The normalized spacial score (nSPS) is 53.9. The lowest BCUT2D eigenvalue weighted by Crippen LogP contribution is -2.67. The summed E-state index contributed by atoms with van der Waals surface area (Å²) in [6.45, 7) is 13.7. The Morgan fingerprint density at radius 3 is 2.26 bits per heavy atom. The fourth-order valence-corrected chi connectivity index (χ4v) is 10.5. The first-order chi connectivity index (χ1) is 15.7. The quantitative estimate of drug-likeness (QED) is 0.361. The van der Waals surface area contributed by atoms with E-state index in [-0.39, 0.29) is 33.5 Å². The average molecular weight is 471 g/mol. The number of carbonyl (C=O) groups is 2. The number of carboxylic acids is 1. The smallest absolute Gasteiger partial charge is 0.314 e. The Labute approximate surface area is 206 Å². The number of hydrogen-bond donors (Lipinski definition) is 2. The zero-order chi connectivity index (χ0) is 24.9. The van der Waals surface area contributed by atoms with E-state index in [1.54, 1.807) is 0 Å². The van der Waals surface area contributed by atoms with Gasteiger partial charge in [0.2, 0.25) is 0 Å². The lowest BCUT2D eigenvalue weighted by Gasteiger charge is -2.70. The number of allylic oxidation sites excluding steroid dienone is 1. The molecule has 0 bridgehead atoms. The molecule has 2 N–H and O–H groups in total. The second-order valence-corrected chi connectivity index (χ2v) is 14.8. The van der Waals surface area contributed by atoms with Gasteiger partial charge in [-0.15, -0.1) is 0 Å². The van der Waals surface area contributed by atoms with Gasteiger partial charge < -0.3 is 15.0 Å². The number of aliphatic hydroxyl groups is 1. The molecule has 9 atom stereocenters. The molecule has 0 aliphatic heterocycles. The van der Waals surface area contributed by atoms with Crippen molar-refractivity contribution in [3.05, 3.63) is 11.6 Å². The van der Waals surface area contributed by atoms with Gasteiger partial charge in [-0.3, -0.25) is 4.79 Å². The van der Waals surface area contributed by atoms with Crippen LogP contribution in [0.3, 0.4) is 0 Å². The van der Waals surface area contributed by atoms with E-state index >= 15 is 0 Å². The van der Waals surface area contributed by atoms with Crippen molar-refractivity contribution in [3.8, 4) is 0 Å². The van der Waals surface area contributed by atoms with Gasteiger partial charge >= 0.3 is 5.97 Å². The van der Waals surface area contributed by atoms with Gasteiger partial charge in [-0.05, 0) is 104 Å². The van der Waals surface area contributed by atoms with Gasteiger partial charge in [0.1, 0.15) is 6.29 Å². The molecule has 5 rings (SSSR count). The van der Waals surface area contributed by atoms with E-state index in [4.69, 9.17) is 0 Å². The fourth-order valence-electron chi connectivity index (χ4n) is 10.5. The molecule has 0 unspecified atom stereocenters. The zero-order valence-electron chi connectivity index (χ0n) is 22.2. The van der Waals surface area contributed by atoms with Crippen molar-refractivity contribution in [1.29, 1.82) is 0 Å². The molecule has 0 aromatic rings. The van der Waals surface area contributed by atoms with Crippen molar-refractivity contribution < 1.29 is 19.8 Å². The third-order valence-corrected chi connectivity index (χ3v) is 12.8. The van der Waals surface area contributed by atoms with Crippen LogP contribution in [-0.4, -0.2) is 28.6 Å². The minimum absolute atomic E-state index is 0.0996. The Hall–Kier alpha value is -1.16. The maximum atomic E-state index is 13.5. The molecule has 4 saturated carbocycles. The Balaban J connectivity index is 1.65. The van der Waals surface area contributed by atoms with Crippen LogP contribution in [0.2, 0.25) is 0 Å². The highest BCUT2D eigenvalue weighted by atomic mass is 16.4. The summed E-state index contributed by atoms with van der Waals surface area (Å²) in [7, 11) is 0. The maximum Gasteiger partial charge on any atom is 0.314 e. The standard InChI is InChI=1S/C30H46O4/c1-25(2)13-14-26(3)15-16-30(24(33)34)19(20(26)17-25)7-8-22-27(4)11-10-23(32)28(5,18-31)21(27)9-12-29(22,30)6/h7,18,20-23,32H,8-17H2,1-6H3,(H,33,34)/t20-,21+,22+,23+,26+,27-,28-,29+,30+/m0/s1. The highest BCUT2D eigenvalue weighted by Crippen LogP contribution is 2.75. The molecule has 190 valence electrons. The van der Waals surface area contributed by atoms with Gasteiger partial charge in [-0.25, -0.2) is 0 Å². The Morgan fingerprint density at radius 1 is 0.941 bits per heavy atom. The van der Waals surface area contributed by atoms with Gasteiger partial charge in [0, 0.05) is 0 Å². The predicted molar refractivity (Wildman–Crippen MR) is 133 cm³/mol. The summed E-state index contributed by atoms with van der Waals surface area (Å²) >= 11 is 0. The lowest BCUT2D eigenvalue weighted by atomic mass is 9.33. The molecule has 34 heavy (non-hydrogen) atoms. The summed E-state index contributed by atoms with van der Waals surface area (Å²) in [4.78, 5) is 25.8. The topological polar surface area (TPSA) is 74.6 Å². The lowest BCUT2D eigenvalue weighted by molar-refractivity contribution is -0.213. The van der Waals surface area contributed by atoms with Gasteiger partial charge in [-0.2, -0.15) is 0 Å². The molecule has 0 aromatic heterocycles. The number of carboxylic acid groups (broad SMARTS) is 1. The van der Waals surface area contributed by atoms with Crippen LogP contribution in [0.25, 0.3) is 0 Å². The molecule has 5 aliphatic carbocycles. The van der Waals surface area contributed by atoms with E-state index in [1.807, 2.05) is 6.92 Å². The molecule has 4 heteroatoms. The summed E-state index contributed by atoms with van der Waals surface area (Å²) < 4.78 is 0. The van der Waals surface area contributed by atoms with E-state index < -0.39 is 22.9 Å². The Morgan fingerprint density at radius 2 is 1.62 bits per heavy atom. The average Bonchev–Trinajstić information content (AvgIpc) is 2.76. The summed E-state index contributed by atoms with van der Waals surface area (Å²) in [5.41, 5.74) is -0.323. The highest BCUT2D eigenvalue weighted by Gasteiger charge is 2.72. The number of rotatable bonds is 2. The van der Waals surface area contributed by atoms with Crippen LogP contribution in [-0.2, 0) is 9.59 Å². The molecule has 4 nitrogen and oxygen atoms in total. The van der Waals surface area contributed by atoms with Crippen LogP contribution < -0.4 is 0 Å². The molecule has 0 spiro atoms. The first-order valence-electron chi connectivity index (χ1n) is 13.8. The summed E-state index contributed by atoms with van der Waals surface area (Å²) in [6.07, 6.45) is 12.1. The molecule has 0 heterocycles. The maximum absolute atomic E-state index is 13.5. The van der Waals surface area contributed by atoms with E-state index in [2.05, 4.69) is 40.7 Å². The van der Waals surface area contributed by atoms with Crippen molar-refractivity contribution in [2.45, 2.75) is 112 Å². The van der Waals surface area contributed by atoms with Crippen molar-refractivity contribution >= 4 is 12.3 Å². The SMILES string of the molecule is CC1(C)CC[C@]2(C)CC[C@]3(C(=O)O)C(=CC[C@@H]4[C@@]5(C)CC[C@@H](O)[C@@](C)(C=O)[C@@H]5CC[C@]43C)[C@@H]2C1. The van der Waals surface area contributed by atoms with E-state index in [1.165, 1.54) is 18.4 Å². The Bertz CT molecular complexity index is 936. The molecule has 4 fully saturated rings. The molecule has 0 amide bonds. The third-order valence-electron chi connectivity index (χ3n) is 12.8. The molecule has 0 aromatic carbocycles. The van der Waals surface area contributed by atoms with Crippen molar-refractivity contribution in [2.75, 3.05) is 0 Å². The second-order valence-electron chi connectivity index (χ2n) is 14.8. The van der Waals surface area contributed by atoms with E-state index in [0.717, 1.165) is 51.2 Å². The fraction of sp³-hybridized carbons (Fsp3) is 0.867. The van der Waals surface area contributed by atoms with Gasteiger partial charge in [0.05, 0.1) is 16.9 Å². The predicted octanol–water partition coefficient (Wildman–Crippen LogP) is 6.41. The van der Waals surface area contributed by atoms with Crippen LogP contribution >= 0.6 is 0 Å². The number of aliphatic hydroxyl groups excluding tert-OH is 1.